The Balaban J connectivity index is 3.14. The lowest BCUT2D eigenvalue weighted by Crippen LogP contribution is -2.11. The summed E-state index contributed by atoms with van der Waals surface area (Å²) in [7, 11) is 0. The van der Waals surface area contributed by atoms with Gasteiger partial charge in [-0.1, -0.05) is 51.4 Å². The Morgan fingerprint density at radius 3 is 2.31 bits per heavy atom. The van der Waals surface area contributed by atoms with Crippen LogP contribution in [0, 0.1) is 0 Å². The molecule has 0 aromatic heterocycles. The van der Waals surface area contributed by atoms with Crippen molar-refractivity contribution in [2.24, 2.45) is 0 Å². The van der Waals surface area contributed by atoms with Crippen molar-refractivity contribution >= 4 is 11.6 Å². The molecular weight excluding hydrogens is 180 g/mol. The Hall–Kier alpha value is -0.490. The second kappa shape index (κ2) is 3.71. The first-order valence-electron chi connectivity index (χ1n) is 4.74. The minimum Gasteiger partial charge on any atom is -0.0840 e. The third kappa shape index (κ3) is 2.47. The Labute approximate surface area is 85.9 Å². The monoisotopic (exact) mass is 196 g/mol. The summed E-state index contributed by atoms with van der Waals surface area (Å²) in [6.45, 7) is 8.79. The molecule has 1 aromatic rings. The largest absolute Gasteiger partial charge is 0.0840 e. The molecule has 0 N–H and O–H groups in total. The predicted octanol–water partition coefficient (Wildman–Crippen LogP) is 4.20. The highest BCUT2D eigenvalue weighted by Crippen LogP contribution is 2.26. The average Bonchev–Trinajstić information content (AvgIpc) is 2.03. The van der Waals surface area contributed by atoms with Crippen LogP contribution in [0.2, 0.25) is 5.02 Å². The van der Waals surface area contributed by atoms with Gasteiger partial charge in [-0.25, -0.2) is 0 Å². The molecule has 0 aliphatic rings. The second-order valence-corrected chi connectivity index (χ2v) is 4.82. The third-order valence-electron chi connectivity index (χ3n) is 2.29. The van der Waals surface area contributed by atoms with Crippen molar-refractivity contribution in [1.82, 2.24) is 0 Å². The highest BCUT2D eigenvalue weighted by Gasteiger charge is 2.14. The number of benzene rings is 1. The molecule has 0 spiro atoms. The van der Waals surface area contributed by atoms with E-state index in [1.54, 1.807) is 0 Å². The molecule has 0 fully saturated rings. The van der Waals surface area contributed by atoms with Crippen molar-refractivity contribution in [2.45, 2.75) is 39.5 Å². The normalized spacial score (nSPS) is 11.8. The fourth-order valence-corrected chi connectivity index (χ4v) is 1.56. The van der Waals surface area contributed by atoms with E-state index in [1.807, 2.05) is 6.07 Å². The molecule has 0 bridgehead atoms. The van der Waals surface area contributed by atoms with Crippen molar-refractivity contribution in [3.05, 3.63) is 34.3 Å². The van der Waals surface area contributed by atoms with Crippen LogP contribution in [-0.2, 0) is 11.8 Å². The van der Waals surface area contributed by atoms with Gasteiger partial charge in [0, 0.05) is 5.02 Å². The minimum atomic E-state index is 0.217. The number of hydrogen-bond acceptors (Lipinski definition) is 0. The van der Waals surface area contributed by atoms with Crippen molar-refractivity contribution in [3.63, 3.8) is 0 Å². The summed E-state index contributed by atoms with van der Waals surface area (Å²) in [5.74, 6) is 0. The molecule has 0 heterocycles. The maximum Gasteiger partial charge on any atom is 0.0438 e. The Morgan fingerprint density at radius 1 is 1.23 bits per heavy atom. The predicted molar refractivity (Wildman–Crippen MR) is 59.5 cm³/mol. The lowest BCUT2D eigenvalue weighted by Gasteiger charge is -2.20. The van der Waals surface area contributed by atoms with E-state index in [9.17, 15) is 0 Å². The summed E-state index contributed by atoms with van der Waals surface area (Å²) >= 11 is 6.05. The molecule has 0 saturated heterocycles. The van der Waals surface area contributed by atoms with Gasteiger partial charge in [-0.05, 0) is 29.0 Å². The number of aryl methyl sites for hydroxylation is 1. The van der Waals surface area contributed by atoms with E-state index < -0.39 is 0 Å². The van der Waals surface area contributed by atoms with Gasteiger partial charge >= 0.3 is 0 Å². The zero-order chi connectivity index (χ0) is 10.1. The number of hydrogen-bond donors (Lipinski definition) is 0. The minimum absolute atomic E-state index is 0.217. The van der Waals surface area contributed by atoms with Crippen molar-refractivity contribution in [3.8, 4) is 0 Å². The SMILES string of the molecule is CCc1cc(C(C)(C)C)ccc1Cl. The van der Waals surface area contributed by atoms with Crippen LogP contribution in [0.1, 0.15) is 38.8 Å². The van der Waals surface area contributed by atoms with Crippen LogP contribution in [0.25, 0.3) is 0 Å². The second-order valence-electron chi connectivity index (χ2n) is 4.41. The lowest BCUT2D eigenvalue weighted by molar-refractivity contribution is 0.589. The lowest BCUT2D eigenvalue weighted by atomic mass is 9.86. The van der Waals surface area contributed by atoms with E-state index in [2.05, 4.69) is 39.8 Å². The third-order valence-corrected chi connectivity index (χ3v) is 2.66. The van der Waals surface area contributed by atoms with Crippen molar-refractivity contribution in [1.29, 1.82) is 0 Å². The van der Waals surface area contributed by atoms with Gasteiger partial charge in [0.2, 0.25) is 0 Å². The summed E-state index contributed by atoms with van der Waals surface area (Å²) < 4.78 is 0. The van der Waals surface area contributed by atoms with E-state index in [0.29, 0.717) is 0 Å². The molecule has 1 heteroatoms. The van der Waals surface area contributed by atoms with E-state index >= 15 is 0 Å². The van der Waals surface area contributed by atoms with Crippen LogP contribution < -0.4 is 0 Å². The van der Waals surface area contributed by atoms with Crippen molar-refractivity contribution < 1.29 is 0 Å². The highest BCUT2D eigenvalue weighted by atomic mass is 35.5. The summed E-state index contributed by atoms with van der Waals surface area (Å²) in [5, 5.41) is 0.885. The van der Waals surface area contributed by atoms with Gasteiger partial charge in [0.05, 0.1) is 0 Å². The summed E-state index contributed by atoms with van der Waals surface area (Å²) in [5.41, 5.74) is 2.82. The van der Waals surface area contributed by atoms with Crippen LogP contribution in [-0.4, -0.2) is 0 Å². The van der Waals surface area contributed by atoms with E-state index in [0.717, 1.165) is 11.4 Å². The van der Waals surface area contributed by atoms with Gasteiger partial charge in [-0.2, -0.15) is 0 Å². The zero-order valence-corrected chi connectivity index (χ0v) is 9.57. The molecular formula is C12H17Cl. The molecule has 0 nitrogen and oxygen atoms in total. The molecule has 0 saturated carbocycles. The fraction of sp³-hybridized carbons (Fsp3) is 0.500. The van der Waals surface area contributed by atoms with Crippen LogP contribution in [0.4, 0.5) is 0 Å². The maximum absolute atomic E-state index is 6.05. The Kier molecular flexibility index (Phi) is 3.02. The molecule has 0 atom stereocenters. The molecule has 72 valence electrons. The van der Waals surface area contributed by atoms with Gasteiger partial charge in [0.15, 0.2) is 0 Å². The van der Waals surface area contributed by atoms with Crippen molar-refractivity contribution in [2.75, 3.05) is 0 Å². The maximum atomic E-state index is 6.05. The fourth-order valence-electron chi connectivity index (χ4n) is 1.31. The molecule has 0 unspecified atom stereocenters. The standard InChI is InChI=1S/C12H17Cl/c1-5-9-8-10(12(2,3)4)6-7-11(9)13/h6-8H,5H2,1-4H3. The van der Waals surface area contributed by atoms with Crippen LogP contribution >= 0.6 is 11.6 Å². The van der Waals surface area contributed by atoms with Gasteiger partial charge < -0.3 is 0 Å². The van der Waals surface area contributed by atoms with E-state index in [1.165, 1.54) is 11.1 Å². The summed E-state index contributed by atoms with van der Waals surface area (Å²) in [4.78, 5) is 0. The molecule has 13 heavy (non-hydrogen) atoms. The van der Waals surface area contributed by atoms with Gasteiger partial charge in [-0.3, -0.25) is 0 Å². The van der Waals surface area contributed by atoms with Crippen LogP contribution in [0.15, 0.2) is 18.2 Å². The molecule has 0 radical (unpaired) electrons. The van der Waals surface area contributed by atoms with E-state index in [4.69, 9.17) is 11.6 Å². The highest BCUT2D eigenvalue weighted by molar-refractivity contribution is 6.31. The Morgan fingerprint density at radius 2 is 1.85 bits per heavy atom. The van der Waals surface area contributed by atoms with Gasteiger partial charge in [0.1, 0.15) is 0 Å². The first-order valence-corrected chi connectivity index (χ1v) is 5.12. The first-order chi connectivity index (χ1) is 5.95. The number of rotatable bonds is 1. The smallest absolute Gasteiger partial charge is 0.0438 e. The average molecular weight is 197 g/mol. The quantitative estimate of drug-likeness (QED) is 0.632. The van der Waals surface area contributed by atoms with Gasteiger partial charge in [-0.15, -0.1) is 0 Å². The molecule has 1 aromatic carbocycles. The molecule has 0 aliphatic heterocycles. The molecule has 1 rings (SSSR count). The van der Waals surface area contributed by atoms with Crippen LogP contribution in [0.3, 0.4) is 0 Å². The molecule has 0 amide bonds. The zero-order valence-electron chi connectivity index (χ0n) is 8.82. The first kappa shape index (κ1) is 10.6. The summed E-state index contributed by atoms with van der Waals surface area (Å²) in [6.07, 6.45) is 1.00. The topological polar surface area (TPSA) is 0 Å². The van der Waals surface area contributed by atoms with Crippen LogP contribution in [0.5, 0.6) is 0 Å². The van der Waals surface area contributed by atoms with Gasteiger partial charge in [0.25, 0.3) is 0 Å². The van der Waals surface area contributed by atoms with E-state index in [-0.39, 0.29) is 5.41 Å². The summed E-state index contributed by atoms with van der Waals surface area (Å²) in [6, 6.07) is 6.32. The Bertz CT molecular complexity index is 294. The molecule has 0 aliphatic carbocycles. The number of halogens is 1.